The maximum absolute atomic E-state index is 6.19. The summed E-state index contributed by atoms with van der Waals surface area (Å²) in [5, 5.41) is 1.11. The second-order valence-corrected chi connectivity index (χ2v) is 7.27. The molecular weight excluding hydrogens is 379 g/mol. The van der Waals surface area contributed by atoms with Crippen molar-refractivity contribution in [3.05, 3.63) is 93.7 Å². The van der Waals surface area contributed by atoms with Gasteiger partial charge in [0.05, 0.1) is 21.1 Å². The van der Waals surface area contributed by atoms with Crippen LogP contribution in [0.15, 0.2) is 66.7 Å². The van der Waals surface area contributed by atoms with Crippen LogP contribution in [0.3, 0.4) is 0 Å². The monoisotopic (exact) mass is 396 g/mol. The number of ether oxygens (including phenoxy) is 1. The number of aromatic nitrogens is 2. The summed E-state index contributed by atoms with van der Waals surface area (Å²) in [7, 11) is 0. The number of benzene rings is 3. The first-order valence-corrected chi connectivity index (χ1v) is 9.43. The summed E-state index contributed by atoms with van der Waals surface area (Å²) in [5.41, 5.74) is 4.23. The van der Waals surface area contributed by atoms with Crippen LogP contribution in [0.1, 0.15) is 17.0 Å². The normalized spacial score (nSPS) is 11.1. The Hall–Kier alpha value is -2.49. The van der Waals surface area contributed by atoms with Crippen molar-refractivity contribution in [2.75, 3.05) is 0 Å². The van der Waals surface area contributed by atoms with Gasteiger partial charge in [-0.2, -0.15) is 0 Å². The SMILES string of the molecule is Cc1cccc(OCc2nc3ccccc3n2Cc2ccc(Cl)c(Cl)c2)c1. The molecule has 0 N–H and O–H groups in total. The molecule has 5 heteroatoms. The van der Waals surface area contributed by atoms with E-state index in [1.807, 2.05) is 67.6 Å². The van der Waals surface area contributed by atoms with E-state index in [4.69, 9.17) is 32.9 Å². The standard InChI is InChI=1S/C22H18Cl2N2O/c1-15-5-4-6-17(11-15)27-14-22-25-20-7-2-3-8-21(20)26(22)13-16-9-10-18(23)19(24)12-16/h2-12H,13-14H2,1H3. The number of halogens is 2. The minimum Gasteiger partial charge on any atom is -0.486 e. The molecule has 0 saturated carbocycles. The molecule has 0 fully saturated rings. The summed E-state index contributed by atoms with van der Waals surface area (Å²) in [5.74, 6) is 1.70. The van der Waals surface area contributed by atoms with E-state index in [-0.39, 0.29) is 0 Å². The highest BCUT2D eigenvalue weighted by Crippen LogP contribution is 2.25. The van der Waals surface area contributed by atoms with Crippen LogP contribution >= 0.6 is 23.2 Å². The Morgan fingerprint density at radius 1 is 0.926 bits per heavy atom. The van der Waals surface area contributed by atoms with Gasteiger partial charge < -0.3 is 9.30 Å². The molecule has 3 nitrogen and oxygen atoms in total. The summed E-state index contributed by atoms with van der Waals surface area (Å²) in [6.07, 6.45) is 0. The Morgan fingerprint density at radius 3 is 2.59 bits per heavy atom. The second kappa shape index (κ2) is 7.63. The molecule has 0 aliphatic rings. The van der Waals surface area contributed by atoms with E-state index < -0.39 is 0 Å². The topological polar surface area (TPSA) is 27.1 Å². The maximum Gasteiger partial charge on any atom is 0.148 e. The summed E-state index contributed by atoms with van der Waals surface area (Å²) in [6.45, 7) is 3.08. The Labute approximate surface area is 168 Å². The summed E-state index contributed by atoms with van der Waals surface area (Å²) in [6, 6.07) is 21.8. The van der Waals surface area contributed by atoms with Gasteiger partial charge in [-0.3, -0.25) is 0 Å². The van der Waals surface area contributed by atoms with Crippen LogP contribution in [-0.4, -0.2) is 9.55 Å². The summed E-state index contributed by atoms with van der Waals surface area (Å²) < 4.78 is 8.15. The van der Waals surface area contributed by atoms with E-state index >= 15 is 0 Å². The fourth-order valence-corrected chi connectivity index (χ4v) is 3.41. The van der Waals surface area contributed by atoms with Crippen molar-refractivity contribution in [3.8, 4) is 5.75 Å². The molecule has 1 aromatic heterocycles. The fraction of sp³-hybridized carbons (Fsp3) is 0.136. The van der Waals surface area contributed by atoms with E-state index in [0.717, 1.165) is 33.7 Å². The van der Waals surface area contributed by atoms with Crippen molar-refractivity contribution in [2.24, 2.45) is 0 Å². The zero-order chi connectivity index (χ0) is 18.8. The van der Waals surface area contributed by atoms with Crippen LogP contribution < -0.4 is 4.74 Å². The predicted molar refractivity (Wildman–Crippen MR) is 111 cm³/mol. The molecule has 0 bridgehead atoms. The average Bonchev–Trinajstić information content (AvgIpc) is 3.01. The lowest BCUT2D eigenvalue weighted by Gasteiger charge is -2.11. The van der Waals surface area contributed by atoms with Crippen LogP contribution in [0, 0.1) is 6.92 Å². The molecule has 0 unspecified atom stereocenters. The third kappa shape index (κ3) is 3.95. The molecule has 4 rings (SSSR count). The fourth-order valence-electron chi connectivity index (χ4n) is 3.09. The van der Waals surface area contributed by atoms with E-state index in [0.29, 0.717) is 23.2 Å². The molecule has 3 aromatic carbocycles. The number of imidazole rings is 1. The molecule has 0 aliphatic carbocycles. The van der Waals surface area contributed by atoms with Crippen molar-refractivity contribution < 1.29 is 4.74 Å². The molecule has 0 atom stereocenters. The van der Waals surface area contributed by atoms with Crippen molar-refractivity contribution in [1.29, 1.82) is 0 Å². The first kappa shape index (κ1) is 17.9. The number of hydrogen-bond acceptors (Lipinski definition) is 2. The van der Waals surface area contributed by atoms with Crippen LogP contribution in [0.5, 0.6) is 5.75 Å². The number of para-hydroxylation sites is 2. The van der Waals surface area contributed by atoms with Crippen molar-refractivity contribution in [1.82, 2.24) is 9.55 Å². The van der Waals surface area contributed by atoms with Gasteiger partial charge in [0, 0.05) is 6.54 Å². The van der Waals surface area contributed by atoms with Crippen LogP contribution in [0.25, 0.3) is 11.0 Å². The largest absolute Gasteiger partial charge is 0.486 e. The Morgan fingerprint density at radius 2 is 1.78 bits per heavy atom. The lowest BCUT2D eigenvalue weighted by atomic mass is 10.2. The zero-order valence-corrected chi connectivity index (χ0v) is 16.3. The highest BCUT2D eigenvalue weighted by atomic mass is 35.5. The van der Waals surface area contributed by atoms with Crippen LogP contribution in [-0.2, 0) is 13.2 Å². The van der Waals surface area contributed by atoms with Crippen molar-refractivity contribution in [2.45, 2.75) is 20.1 Å². The van der Waals surface area contributed by atoms with Gasteiger partial charge in [-0.1, -0.05) is 53.5 Å². The number of aryl methyl sites for hydroxylation is 1. The maximum atomic E-state index is 6.19. The van der Waals surface area contributed by atoms with E-state index in [2.05, 4.69) is 10.6 Å². The van der Waals surface area contributed by atoms with Crippen molar-refractivity contribution in [3.63, 3.8) is 0 Å². The molecule has 0 amide bonds. The van der Waals surface area contributed by atoms with Gasteiger partial charge in [0.15, 0.2) is 0 Å². The lowest BCUT2D eigenvalue weighted by Crippen LogP contribution is -2.08. The van der Waals surface area contributed by atoms with Gasteiger partial charge in [-0.15, -0.1) is 0 Å². The van der Waals surface area contributed by atoms with Crippen LogP contribution in [0.2, 0.25) is 10.0 Å². The van der Waals surface area contributed by atoms with E-state index in [1.165, 1.54) is 0 Å². The van der Waals surface area contributed by atoms with Gasteiger partial charge in [0.25, 0.3) is 0 Å². The predicted octanol–water partition coefficient (Wildman–Crippen LogP) is 6.28. The minimum atomic E-state index is 0.388. The number of nitrogens with zero attached hydrogens (tertiary/aromatic N) is 2. The zero-order valence-electron chi connectivity index (χ0n) is 14.8. The molecule has 0 spiro atoms. The first-order chi connectivity index (χ1) is 13.1. The van der Waals surface area contributed by atoms with E-state index in [1.54, 1.807) is 0 Å². The first-order valence-electron chi connectivity index (χ1n) is 8.68. The Bertz CT molecular complexity index is 1100. The number of rotatable bonds is 5. The molecule has 136 valence electrons. The Balaban J connectivity index is 1.67. The molecule has 1 heterocycles. The quantitative estimate of drug-likeness (QED) is 0.396. The van der Waals surface area contributed by atoms with Gasteiger partial charge >= 0.3 is 0 Å². The number of hydrogen-bond donors (Lipinski definition) is 0. The highest BCUT2D eigenvalue weighted by molar-refractivity contribution is 6.42. The summed E-state index contributed by atoms with van der Waals surface area (Å²) in [4.78, 5) is 4.77. The van der Waals surface area contributed by atoms with E-state index in [9.17, 15) is 0 Å². The average molecular weight is 397 g/mol. The Kier molecular flexibility index (Phi) is 5.06. The molecular formula is C22H18Cl2N2O. The number of fused-ring (bicyclic) bond motifs is 1. The van der Waals surface area contributed by atoms with Gasteiger partial charge in [-0.25, -0.2) is 4.98 Å². The molecule has 4 aromatic rings. The highest BCUT2D eigenvalue weighted by Gasteiger charge is 2.12. The third-order valence-corrected chi connectivity index (χ3v) is 5.15. The molecule has 0 saturated heterocycles. The smallest absolute Gasteiger partial charge is 0.148 e. The second-order valence-electron chi connectivity index (χ2n) is 6.46. The van der Waals surface area contributed by atoms with Gasteiger partial charge in [0.1, 0.15) is 18.2 Å². The minimum absolute atomic E-state index is 0.388. The van der Waals surface area contributed by atoms with Crippen molar-refractivity contribution >= 4 is 34.2 Å². The lowest BCUT2D eigenvalue weighted by molar-refractivity contribution is 0.291. The molecule has 0 aliphatic heterocycles. The van der Waals surface area contributed by atoms with Gasteiger partial charge in [-0.05, 0) is 54.4 Å². The molecule has 0 radical (unpaired) electrons. The van der Waals surface area contributed by atoms with Crippen LogP contribution in [0.4, 0.5) is 0 Å². The summed E-state index contributed by atoms with van der Waals surface area (Å²) >= 11 is 12.2. The van der Waals surface area contributed by atoms with Gasteiger partial charge in [0.2, 0.25) is 0 Å². The molecule has 27 heavy (non-hydrogen) atoms. The third-order valence-electron chi connectivity index (χ3n) is 4.42.